The highest BCUT2D eigenvalue weighted by molar-refractivity contribution is 14.0. The van der Waals surface area contributed by atoms with Gasteiger partial charge < -0.3 is 15.4 Å². The van der Waals surface area contributed by atoms with Gasteiger partial charge in [0.25, 0.3) is 0 Å². The second kappa shape index (κ2) is 11.3. The van der Waals surface area contributed by atoms with Gasteiger partial charge in [-0.1, -0.05) is 18.2 Å². The van der Waals surface area contributed by atoms with Gasteiger partial charge in [-0.2, -0.15) is 0 Å². The van der Waals surface area contributed by atoms with Gasteiger partial charge in [0.2, 0.25) is 0 Å². The lowest BCUT2D eigenvalue weighted by Crippen LogP contribution is -2.37. The molecule has 0 amide bonds. The van der Waals surface area contributed by atoms with Crippen molar-refractivity contribution in [2.75, 3.05) is 13.6 Å². The van der Waals surface area contributed by atoms with Crippen LogP contribution in [-0.2, 0) is 13.0 Å². The van der Waals surface area contributed by atoms with Crippen LogP contribution in [0.1, 0.15) is 44.1 Å². The quantitative estimate of drug-likeness (QED) is 0.206. The minimum absolute atomic E-state index is 0. The molecule has 3 aromatic rings. The SMILES string of the molecule is CN=C(NCCCc1nnc2ccccn12)NCc1ccc(C)cc1OC(C)(C)C.I. The molecule has 0 aliphatic heterocycles. The number of aryl methyl sites for hydroxylation is 2. The molecule has 7 nitrogen and oxygen atoms in total. The maximum atomic E-state index is 6.14. The van der Waals surface area contributed by atoms with E-state index >= 15 is 0 Å². The van der Waals surface area contributed by atoms with Gasteiger partial charge in [0.05, 0.1) is 0 Å². The number of fused-ring (bicyclic) bond motifs is 1. The van der Waals surface area contributed by atoms with Crippen LogP contribution >= 0.6 is 24.0 Å². The minimum atomic E-state index is -0.242. The van der Waals surface area contributed by atoms with Gasteiger partial charge in [0.1, 0.15) is 17.2 Å². The molecule has 0 radical (unpaired) electrons. The summed E-state index contributed by atoms with van der Waals surface area (Å²) in [4.78, 5) is 4.33. The van der Waals surface area contributed by atoms with Gasteiger partial charge in [-0.3, -0.25) is 9.39 Å². The van der Waals surface area contributed by atoms with Crippen LogP contribution in [0.4, 0.5) is 0 Å². The highest BCUT2D eigenvalue weighted by atomic mass is 127. The molecular weight excluding hydrogens is 503 g/mol. The Morgan fingerprint density at radius 2 is 1.94 bits per heavy atom. The minimum Gasteiger partial charge on any atom is -0.488 e. The van der Waals surface area contributed by atoms with E-state index in [1.54, 1.807) is 7.05 Å². The Balaban J connectivity index is 0.00000341. The molecule has 0 unspecified atom stereocenters. The summed E-state index contributed by atoms with van der Waals surface area (Å²) in [6.45, 7) is 9.69. The Morgan fingerprint density at radius 3 is 2.68 bits per heavy atom. The molecule has 2 aromatic heterocycles. The zero-order valence-corrected chi connectivity index (χ0v) is 21.3. The number of hydrogen-bond donors (Lipinski definition) is 2. The molecule has 0 aliphatic carbocycles. The molecule has 0 atom stereocenters. The fourth-order valence-corrected chi connectivity index (χ4v) is 3.15. The van der Waals surface area contributed by atoms with Crippen molar-refractivity contribution in [3.63, 3.8) is 0 Å². The molecule has 8 heteroatoms. The summed E-state index contributed by atoms with van der Waals surface area (Å²) in [6.07, 6.45) is 3.77. The Kier molecular flexibility index (Phi) is 9.09. The summed E-state index contributed by atoms with van der Waals surface area (Å²) >= 11 is 0. The number of pyridine rings is 1. The number of hydrogen-bond acceptors (Lipinski definition) is 4. The molecule has 168 valence electrons. The van der Waals surface area contributed by atoms with Gasteiger partial charge in [-0.25, -0.2) is 0 Å². The molecule has 31 heavy (non-hydrogen) atoms. The van der Waals surface area contributed by atoms with Crippen molar-refractivity contribution < 1.29 is 4.74 Å². The third kappa shape index (κ3) is 7.37. The van der Waals surface area contributed by atoms with Crippen molar-refractivity contribution in [3.8, 4) is 5.75 Å². The first kappa shape index (κ1) is 24.9. The first-order valence-corrected chi connectivity index (χ1v) is 10.4. The zero-order chi connectivity index (χ0) is 21.6. The number of aromatic nitrogens is 3. The Labute approximate surface area is 201 Å². The number of nitrogens with one attached hydrogen (secondary N) is 2. The maximum absolute atomic E-state index is 6.14. The average molecular weight is 536 g/mol. The maximum Gasteiger partial charge on any atom is 0.191 e. The second-order valence-electron chi connectivity index (χ2n) is 8.33. The number of ether oxygens (including phenoxy) is 1. The molecule has 0 aliphatic rings. The first-order valence-electron chi connectivity index (χ1n) is 10.4. The molecule has 0 spiro atoms. The van der Waals surface area contributed by atoms with Crippen molar-refractivity contribution in [2.24, 2.45) is 4.99 Å². The van der Waals surface area contributed by atoms with E-state index in [4.69, 9.17) is 4.74 Å². The summed E-state index contributed by atoms with van der Waals surface area (Å²) in [7, 11) is 1.78. The molecule has 3 rings (SSSR count). The topological polar surface area (TPSA) is 75.8 Å². The van der Waals surface area contributed by atoms with E-state index < -0.39 is 0 Å². The molecule has 0 saturated carbocycles. The summed E-state index contributed by atoms with van der Waals surface area (Å²) < 4.78 is 8.17. The van der Waals surface area contributed by atoms with E-state index in [9.17, 15) is 0 Å². The number of halogens is 1. The Bertz CT molecular complexity index is 1010. The standard InChI is InChI=1S/C23H32N6O.HI/c1-17-11-12-18(19(15-17)30-23(2,3)4)16-26-22(24-5)25-13-8-10-21-28-27-20-9-6-7-14-29(20)21;/h6-7,9,11-12,14-15H,8,10,13,16H2,1-5H3,(H2,24,25,26);1H. The van der Waals surface area contributed by atoms with Crippen LogP contribution in [0.15, 0.2) is 47.6 Å². The van der Waals surface area contributed by atoms with Gasteiger partial charge in [0.15, 0.2) is 11.6 Å². The zero-order valence-electron chi connectivity index (χ0n) is 19.0. The normalized spacial score (nSPS) is 11.8. The molecule has 0 bridgehead atoms. The number of aliphatic imine (C=N–C) groups is 1. The van der Waals surface area contributed by atoms with Crippen molar-refractivity contribution in [2.45, 2.75) is 52.7 Å². The monoisotopic (exact) mass is 536 g/mol. The first-order chi connectivity index (χ1) is 14.4. The van der Waals surface area contributed by atoms with Crippen molar-refractivity contribution in [3.05, 3.63) is 59.5 Å². The van der Waals surface area contributed by atoms with E-state index in [0.717, 1.165) is 48.1 Å². The predicted octanol–water partition coefficient (Wildman–Crippen LogP) is 4.13. The smallest absolute Gasteiger partial charge is 0.191 e. The van der Waals surface area contributed by atoms with Crippen molar-refractivity contribution >= 4 is 35.6 Å². The summed E-state index contributed by atoms with van der Waals surface area (Å²) in [5, 5.41) is 15.2. The number of nitrogens with zero attached hydrogens (tertiary/aromatic N) is 4. The Hall–Kier alpha value is -2.36. The molecule has 2 heterocycles. The average Bonchev–Trinajstić information content (AvgIpc) is 3.10. The lowest BCUT2D eigenvalue weighted by Gasteiger charge is -2.24. The summed E-state index contributed by atoms with van der Waals surface area (Å²) in [5.74, 6) is 2.64. The lowest BCUT2D eigenvalue weighted by atomic mass is 10.1. The van der Waals surface area contributed by atoms with Gasteiger partial charge in [-0.15, -0.1) is 34.2 Å². The van der Waals surface area contributed by atoms with E-state index in [0.29, 0.717) is 6.54 Å². The van der Waals surface area contributed by atoms with Gasteiger partial charge in [-0.05, 0) is 57.9 Å². The van der Waals surface area contributed by atoms with Crippen LogP contribution in [0, 0.1) is 6.92 Å². The molecule has 2 N–H and O–H groups in total. The number of rotatable bonds is 7. The van der Waals surface area contributed by atoms with Crippen LogP contribution in [-0.4, -0.2) is 39.8 Å². The van der Waals surface area contributed by atoms with E-state index in [1.807, 2.05) is 28.8 Å². The van der Waals surface area contributed by atoms with Crippen LogP contribution in [0.3, 0.4) is 0 Å². The highest BCUT2D eigenvalue weighted by Crippen LogP contribution is 2.24. The molecule has 0 fully saturated rings. The van der Waals surface area contributed by atoms with Crippen molar-refractivity contribution in [1.82, 2.24) is 25.2 Å². The second-order valence-corrected chi connectivity index (χ2v) is 8.33. The third-order valence-corrected chi connectivity index (χ3v) is 4.56. The molecule has 0 saturated heterocycles. The van der Waals surface area contributed by atoms with Crippen LogP contribution in [0.25, 0.3) is 5.65 Å². The summed E-state index contributed by atoms with van der Waals surface area (Å²) in [5.41, 5.74) is 2.92. The number of guanidine groups is 1. The fraction of sp³-hybridized carbons (Fsp3) is 0.435. The Morgan fingerprint density at radius 1 is 1.13 bits per heavy atom. The number of benzene rings is 1. The largest absolute Gasteiger partial charge is 0.488 e. The van der Waals surface area contributed by atoms with Gasteiger partial charge >= 0.3 is 0 Å². The van der Waals surface area contributed by atoms with Gasteiger partial charge in [0, 0.05) is 38.3 Å². The van der Waals surface area contributed by atoms with Crippen LogP contribution in [0.5, 0.6) is 5.75 Å². The van der Waals surface area contributed by atoms with E-state index in [-0.39, 0.29) is 29.6 Å². The third-order valence-electron chi connectivity index (χ3n) is 4.56. The van der Waals surface area contributed by atoms with E-state index in [2.05, 4.69) is 71.7 Å². The summed E-state index contributed by atoms with van der Waals surface area (Å²) in [6, 6.07) is 12.2. The van der Waals surface area contributed by atoms with Crippen LogP contribution in [0.2, 0.25) is 0 Å². The fourth-order valence-electron chi connectivity index (χ4n) is 3.15. The van der Waals surface area contributed by atoms with E-state index in [1.165, 1.54) is 5.56 Å². The molecular formula is C23H33IN6O. The highest BCUT2D eigenvalue weighted by Gasteiger charge is 2.15. The predicted molar refractivity (Wildman–Crippen MR) is 136 cm³/mol. The molecule has 1 aromatic carbocycles. The van der Waals surface area contributed by atoms with Crippen LogP contribution < -0.4 is 15.4 Å². The lowest BCUT2D eigenvalue weighted by molar-refractivity contribution is 0.129. The van der Waals surface area contributed by atoms with Crippen molar-refractivity contribution in [1.29, 1.82) is 0 Å².